The van der Waals surface area contributed by atoms with Gasteiger partial charge in [-0.1, -0.05) is 29.5 Å². The van der Waals surface area contributed by atoms with Crippen LogP contribution in [0.2, 0.25) is 0 Å². The van der Waals surface area contributed by atoms with Gasteiger partial charge in [0.1, 0.15) is 6.54 Å². The molecule has 0 bridgehead atoms. The van der Waals surface area contributed by atoms with Gasteiger partial charge >= 0.3 is 11.0 Å². The quantitative estimate of drug-likeness (QED) is 0.653. The van der Waals surface area contributed by atoms with E-state index in [1.807, 2.05) is 30.3 Å². The molecule has 0 aliphatic carbocycles. The molecule has 0 aliphatic rings. The number of carbonyl (C=O) groups is 1. The molecule has 7 heteroatoms. The largest absolute Gasteiger partial charge is 0.480 e. The molecule has 1 aromatic carbocycles. The lowest BCUT2D eigenvalue weighted by atomic mass is 10.2. The molecule has 0 aliphatic heterocycles. The first-order valence-corrected chi connectivity index (χ1v) is 6.63. The summed E-state index contributed by atoms with van der Waals surface area (Å²) < 4.78 is 0. The number of hydrogen-bond donors (Lipinski definition) is 1. The molecule has 1 heterocycles. The number of benzene rings is 1. The van der Waals surface area contributed by atoms with Crippen molar-refractivity contribution in [2.75, 3.05) is 11.4 Å². The van der Waals surface area contributed by atoms with Crippen LogP contribution >= 0.6 is 11.3 Å². The van der Waals surface area contributed by atoms with Gasteiger partial charge in [-0.2, -0.15) is 0 Å². The van der Waals surface area contributed by atoms with E-state index in [0.717, 1.165) is 21.9 Å². The monoisotopic (exact) mass is 292 g/mol. The Labute approximate surface area is 119 Å². The van der Waals surface area contributed by atoms with Crippen molar-refractivity contribution in [1.82, 2.24) is 0 Å². The van der Waals surface area contributed by atoms with Gasteiger partial charge in [-0.15, -0.1) is 0 Å². The van der Waals surface area contributed by atoms with Gasteiger partial charge in [0.15, 0.2) is 0 Å². The normalized spacial score (nSPS) is 10.2. The average molecular weight is 292 g/mol. The van der Waals surface area contributed by atoms with Crippen molar-refractivity contribution in [2.24, 2.45) is 0 Å². The van der Waals surface area contributed by atoms with E-state index < -0.39 is 10.9 Å². The molecule has 0 saturated carbocycles. The minimum Gasteiger partial charge on any atom is -0.480 e. The molecule has 20 heavy (non-hydrogen) atoms. The van der Waals surface area contributed by atoms with Crippen molar-refractivity contribution in [3.8, 4) is 0 Å². The van der Waals surface area contributed by atoms with Crippen molar-refractivity contribution >= 4 is 28.0 Å². The van der Waals surface area contributed by atoms with Gasteiger partial charge in [0.2, 0.25) is 0 Å². The third-order valence-electron chi connectivity index (χ3n) is 2.62. The Morgan fingerprint density at radius 3 is 2.50 bits per heavy atom. The van der Waals surface area contributed by atoms with Gasteiger partial charge in [-0.05, 0) is 18.2 Å². The predicted molar refractivity (Wildman–Crippen MR) is 76.1 cm³/mol. The first-order valence-electron chi connectivity index (χ1n) is 5.81. The molecule has 0 spiro atoms. The van der Waals surface area contributed by atoms with Crippen LogP contribution in [-0.2, 0) is 11.3 Å². The number of rotatable bonds is 6. The summed E-state index contributed by atoms with van der Waals surface area (Å²) >= 11 is 1.06. The molecule has 1 N–H and O–H groups in total. The highest BCUT2D eigenvalue weighted by atomic mass is 32.1. The lowest BCUT2D eigenvalue weighted by molar-refractivity contribution is -0.380. The Hall–Kier alpha value is -2.41. The van der Waals surface area contributed by atoms with Crippen LogP contribution in [0.3, 0.4) is 0 Å². The Morgan fingerprint density at radius 1 is 1.25 bits per heavy atom. The minimum absolute atomic E-state index is 0.0586. The number of nitrogens with zero attached hydrogens (tertiary/aromatic N) is 2. The number of hydrogen-bond acceptors (Lipinski definition) is 5. The van der Waals surface area contributed by atoms with E-state index in [9.17, 15) is 14.9 Å². The number of carboxylic acid groups (broad SMARTS) is 1. The van der Waals surface area contributed by atoms with Gasteiger partial charge in [0, 0.05) is 16.6 Å². The standard InChI is InChI=1S/C13H12N2O4S/c16-13(17)9-14(10-4-2-1-3-5-10)8-11-6-7-12(20-11)15(18)19/h1-7H,8-9H2,(H,16,17). The second-order valence-corrected chi connectivity index (χ2v) is 5.23. The first kappa shape index (κ1) is 14.0. The van der Waals surface area contributed by atoms with Crippen LogP contribution in [0.5, 0.6) is 0 Å². The smallest absolute Gasteiger partial charge is 0.324 e. The number of thiophene rings is 1. The van der Waals surface area contributed by atoms with E-state index >= 15 is 0 Å². The Kier molecular flexibility index (Phi) is 4.31. The van der Waals surface area contributed by atoms with E-state index in [0.29, 0.717) is 6.54 Å². The zero-order valence-electron chi connectivity index (χ0n) is 10.4. The topological polar surface area (TPSA) is 83.7 Å². The molecule has 0 amide bonds. The number of anilines is 1. The Balaban J connectivity index is 2.19. The second-order valence-electron chi connectivity index (χ2n) is 4.08. The van der Waals surface area contributed by atoms with Gasteiger partial charge in [0.25, 0.3) is 0 Å². The molecule has 6 nitrogen and oxygen atoms in total. The third kappa shape index (κ3) is 3.55. The average Bonchev–Trinajstić information content (AvgIpc) is 2.87. The van der Waals surface area contributed by atoms with Crippen LogP contribution in [0.4, 0.5) is 10.7 Å². The molecule has 0 saturated heterocycles. The third-order valence-corrected chi connectivity index (χ3v) is 3.64. The van der Waals surface area contributed by atoms with Crippen molar-refractivity contribution < 1.29 is 14.8 Å². The van der Waals surface area contributed by atoms with Crippen LogP contribution in [0.15, 0.2) is 42.5 Å². The van der Waals surface area contributed by atoms with Crippen molar-refractivity contribution in [1.29, 1.82) is 0 Å². The maximum Gasteiger partial charge on any atom is 0.324 e. The summed E-state index contributed by atoms with van der Waals surface area (Å²) in [4.78, 5) is 23.6. The number of para-hydroxylation sites is 1. The highest BCUT2D eigenvalue weighted by molar-refractivity contribution is 7.15. The van der Waals surface area contributed by atoms with E-state index in [-0.39, 0.29) is 11.5 Å². The van der Waals surface area contributed by atoms with Crippen molar-refractivity contribution in [3.63, 3.8) is 0 Å². The van der Waals surface area contributed by atoms with E-state index in [4.69, 9.17) is 5.11 Å². The minimum atomic E-state index is -0.945. The number of nitro groups is 1. The fourth-order valence-electron chi connectivity index (χ4n) is 1.78. The summed E-state index contributed by atoms with van der Waals surface area (Å²) in [6.07, 6.45) is 0. The summed E-state index contributed by atoms with van der Waals surface area (Å²) in [5.74, 6) is -0.945. The fourth-order valence-corrected chi connectivity index (χ4v) is 2.61. The van der Waals surface area contributed by atoms with Crippen LogP contribution in [0.1, 0.15) is 4.88 Å². The van der Waals surface area contributed by atoms with Crippen LogP contribution in [0.25, 0.3) is 0 Å². The zero-order valence-corrected chi connectivity index (χ0v) is 11.2. The molecular formula is C13H12N2O4S. The van der Waals surface area contributed by atoms with E-state index in [2.05, 4.69) is 0 Å². The summed E-state index contributed by atoms with van der Waals surface area (Å²) in [6.45, 7) is 0.171. The van der Waals surface area contributed by atoms with Gasteiger partial charge in [-0.25, -0.2) is 0 Å². The summed E-state index contributed by atoms with van der Waals surface area (Å²) in [6, 6.07) is 12.2. The van der Waals surface area contributed by atoms with Crippen LogP contribution in [0, 0.1) is 10.1 Å². The fraction of sp³-hybridized carbons (Fsp3) is 0.154. The zero-order chi connectivity index (χ0) is 14.5. The van der Waals surface area contributed by atoms with Crippen LogP contribution < -0.4 is 4.90 Å². The van der Waals surface area contributed by atoms with Gasteiger partial charge in [-0.3, -0.25) is 14.9 Å². The van der Waals surface area contributed by atoms with E-state index in [1.54, 1.807) is 11.0 Å². The second kappa shape index (κ2) is 6.16. The van der Waals surface area contributed by atoms with Gasteiger partial charge < -0.3 is 10.0 Å². The highest BCUT2D eigenvalue weighted by Gasteiger charge is 2.15. The van der Waals surface area contributed by atoms with Gasteiger partial charge in [0.05, 0.1) is 11.5 Å². The number of carboxylic acids is 1. The summed E-state index contributed by atoms with van der Waals surface area (Å²) in [5, 5.41) is 19.7. The van der Waals surface area contributed by atoms with Crippen molar-refractivity contribution in [2.45, 2.75) is 6.54 Å². The lowest BCUT2D eigenvalue weighted by Gasteiger charge is -2.21. The lowest BCUT2D eigenvalue weighted by Crippen LogP contribution is -2.28. The molecular weight excluding hydrogens is 280 g/mol. The Morgan fingerprint density at radius 2 is 1.95 bits per heavy atom. The highest BCUT2D eigenvalue weighted by Crippen LogP contribution is 2.26. The Bertz CT molecular complexity index is 612. The molecule has 2 aromatic rings. The molecule has 104 valence electrons. The SMILES string of the molecule is O=C(O)CN(Cc1ccc([N+](=O)[O-])s1)c1ccccc1. The maximum atomic E-state index is 10.9. The van der Waals surface area contributed by atoms with E-state index in [1.165, 1.54) is 6.07 Å². The molecule has 0 atom stereocenters. The maximum absolute atomic E-state index is 10.9. The van der Waals surface area contributed by atoms with Crippen molar-refractivity contribution in [3.05, 3.63) is 57.5 Å². The molecule has 2 rings (SSSR count). The summed E-state index contributed by atoms with van der Waals surface area (Å²) in [7, 11) is 0. The summed E-state index contributed by atoms with van der Waals surface area (Å²) in [5.41, 5.74) is 0.769. The molecule has 0 fully saturated rings. The molecule has 0 radical (unpaired) electrons. The number of aliphatic carboxylic acids is 1. The molecule has 0 unspecified atom stereocenters. The molecule has 1 aromatic heterocycles. The predicted octanol–water partition coefficient (Wildman–Crippen LogP) is 2.75. The van der Waals surface area contributed by atoms with Crippen LogP contribution in [-0.4, -0.2) is 22.5 Å². The first-order chi connectivity index (χ1) is 9.56.